The van der Waals surface area contributed by atoms with E-state index in [4.69, 9.17) is 0 Å². The maximum atomic E-state index is 12.7. The van der Waals surface area contributed by atoms with Gasteiger partial charge in [-0.1, -0.05) is 32.1 Å². The number of carbonyl (C=O) groups excluding carboxylic acids is 2. The second kappa shape index (κ2) is 11.0. The van der Waals surface area contributed by atoms with Gasteiger partial charge in [0.25, 0.3) is 0 Å². The maximum absolute atomic E-state index is 12.7. The minimum absolute atomic E-state index is 0.0541. The lowest BCUT2D eigenvalue weighted by molar-refractivity contribution is -0.130. The van der Waals surface area contributed by atoms with Crippen molar-refractivity contribution < 1.29 is 9.59 Å². The van der Waals surface area contributed by atoms with Gasteiger partial charge >= 0.3 is 0 Å². The number of thioether (sulfide) groups is 1. The molecule has 1 aliphatic carbocycles. The highest BCUT2D eigenvalue weighted by Crippen LogP contribution is 2.44. The molecule has 0 aromatic carbocycles. The number of aryl methyl sites for hydroxylation is 1. The van der Waals surface area contributed by atoms with Gasteiger partial charge in [0, 0.05) is 36.7 Å². The molecule has 1 fully saturated rings. The molecule has 0 radical (unpaired) electrons. The summed E-state index contributed by atoms with van der Waals surface area (Å²) in [6, 6.07) is 6.29. The molecule has 0 bridgehead atoms. The molecule has 7 heteroatoms. The molecule has 2 aliphatic heterocycles. The van der Waals surface area contributed by atoms with Crippen molar-refractivity contribution in [2.24, 2.45) is 11.8 Å². The number of pyridine rings is 1. The van der Waals surface area contributed by atoms with Crippen LogP contribution in [0.4, 0.5) is 0 Å². The number of nitrogens with one attached hydrogen (secondary N) is 1. The van der Waals surface area contributed by atoms with Crippen molar-refractivity contribution >= 4 is 23.6 Å². The SMILES string of the molecule is N#CC1C2=C(CN(C(=O)CCc3ccncc3)CC2)SC1NC(=O)CCC1CCCCC1. The second-order valence-corrected chi connectivity index (χ2v) is 10.4. The molecular formula is C25H32N4O2S. The highest BCUT2D eigenvalue weighted by Gasteiger charge is 2.39. The summed E-state index contributed by atoms with van der Waals surface area (Å²) in [5.74, 6) is 0.583. The smallest absolute Gasteiger partial charge is 0.223 e. The Morgan fingerprint density at radius 2 is 1.97 bits per heavy atom. The fourth-order valence-corrected chi connectivity index (χ4v) is 6.54. The van der Waals surface area contributed by atoms with Crippen LogP contribution in [0.2, 0.25) is 0 Å². The number of hydrogen-bond acceptors (Lipinski definition) is 5. The number of nitrogens with zero attached hydrogens (tertiary/aromatic N) is 3. The Morgan fingerprint density at radius 3 is 2.72 bits per heavy atom. The van der Waals surface area contributed by atoms with E-state index in [2.05, 4.69) is 16.4 Å². The van der Waals surface area contributed by atoms with E-state index in [1.807, 2.05) is 17.0 Å². The Kier molecular flexibility index (Phi) is 7.85. The van der Waals surface area contributed by atoms with Gasteiger partial charge in [-0.25, -0.2) is 0 Å². The van der Waals surface area contributed by atoms with Gasteiger partial charge in [0.1, 0.15) is 0 Å². The minimum atomic E-state index is -0.289. The highest BCUT2D eigenvalue weighted by atomic mass is 32.2. The lowest BCUT2D eigenvalue weighted by atomic mass is 9.86. The van der Waals surface area contributed by atoms with Crippen molar-refractivity contribution in [3.8, 4) is 6.07 Å². The number of nitriles is 1. The van der Waals surface area contributed by atoms with E-state index in [9.17, 15) is 14.9 Å². The Balaban J connectivity index is 1.27. The van der Waals surface area contributed by atoms with Crippen LogP contribution in [0.1, 0.15) is 63.4 Å². The van der Waals surface area contributed by atoms with Crippen LogP contribution in [0.15, 0.2) is 35.0 Å². The average molecular weight is 453 g/mol. The second-order valence-electron chi connectivity index (χ2n) is 9.12. The summed E-state index contributed by atoms with van der Waals surface area (Å²) in [6.45, 7) is 1.21. The largest absolute Gasteiger partial charge is 0.342 e. The lowest BCUT2D eigenvalue weighted by Crippen LogP contribution is -2.37. The first-order valence-electron chi connectivity index (χ1n) is 11.9. The molecule has 1 aromatic heterocycles. The predicted molar refractivity (Wildman–Crippen MR) is 125 cm³/mol. The van der Waals surface area contributed by atoms with Gasteiger partial charge in [-0.05, 0) is 48.4 Å². The minimum Gasteiger partial charge on any atom is -0.342 e. The third kappa shape index (κ3) is 5.72. The van der Waals surface area contributed by atoms with Crippen molar-refractivity contribution in [1.29, 1.82) is 5.26 Å². The molecule has 170 valence electrons. The van der Waals surface area contributed by atoms with E-state index in [1.54, 1.807) is 24.2 Å². The summed E-state index contributed by atoms with van der Waals surface area (Å²) in [5.41, 5.74) is 2.23. The fourth-order valence-electron chi connectivity index (χ4n) is 5.07. The van der Waals surface area contributed by atoms with Gasteiger partial charge in [0.15, 0.2) is 0 Å². The standard InChI is InChI=1S/C25H32N4O2S/c26-16-21-20-12-15-29(24(31)9-7-19-10-13-27-14-11-19)17-22(20)32-25(21)28-23(30)8-6-18-4-2-1-3-5-18/h10-11,13-14,18,21,25H,1-9,12,15,17H2,(H,28,30). The van der Waals surface area contributed by atoms with Crippen molar-refractivity contribution in [1.82, 2.24) is 15.2 Å². The first-order valence-corrected chi connectivity index (χ1v) is 12.8. The van der Waals surface area contributed by atoms with E-state index < -0.39 is 0 Å². The molecule has 32 heavy (non-hydrogen) atoms. The van der Waals surface area contributed by atoms with Gasteiger partial charge < -0.3 is 10.2 Å². The van der Waals surface area contributed by atoms with Crippen LogP contribution in [0, 0.1) is 23.2 Å². The van der Waals surface area contributed by atoms with Crippen LogP contribution in [-0.2, 0) is 16.0 Å². The number of amides is 2. The Hall–Kier alpha value is -2.33. The first kappa shape index (κ1) is 22.8. The quantitative estimate of drug-likeness (QED) is 0.670. The van der Waals surface area contributed by atoms with Gasteiger partial charge in [0.05, 0.1) is 23.9 Å². The zero-order valence-electron chi connectivity index (χ0n) is 18.6. The third-order valence-corrected chi connectivity index (χ3v) is 8.29. The molecule has 2 atom stereocenters. The molecule has 0 spiro atoms. The van der Waals surface area contributed by atoms with E-state index in [0.717, 1.165) is 28.9 Å². The summed E-state index contributed by atoms with van der Waals surface area (Å²) in [4.78, 5) is 32.3. The molecule has 1 saturated carbocycles. The summed E-state index contributed by atoms with van der Waals surface area (Å²) in [7, 11) is 0. The average Bonchev–Trinajstić information content (AvgIpc) is 3.18. The van der Waals surface area contributed by atoms with Crippen molar-refractivity contribution in [3.05, 3.63) is 40.6 Å². The summed E-state index contributed by atoms with van der Waals surface area (Å²) in [5, 5.41) is 12.7. The maximum Gasteiger partial charge on any atom is 0.223 e. The van der Waals surface area contributed by atoms with Gasteiger partial charge in [-0.3, -0.25) is 14.6 Å². The molecule has 0 saturated heterocycles. The normalized spacial score (nSPS) is 23.5. The number of carbonyl (C=O) groups is 2. The Morgan fingerprint density at radius 1 is 1.19 bits per heavy atom. The van der Waals surface area contributed by atoms with Crippen molar-refractivity contribution in [3.63, 3.8) is 0 Å². The van der Waals surface area contributed by atoms with E-state index in [1.165, 1.54) is 32.1 Å². The van der Waals surface area contributed by atoms with E-state index >= 15 is 0 Å². The summed E-state index contributed by atoms with van der Waals surface area (Å²) in [6.07, 6.45) is 13.3. The zero-order valence-corrected chi connectivity index (χ0v) is 19.4. The van der Waals surface area contributed by atoms with Crippen LogP contribution >= 0.6 is 11.8 Å². The van der Waals surface area contributed by atoms with E-state index in [0.29, 0.717) is 38.3 Å². The van der Waals surface area contributed by atoms with Crippen molar-refractivity contribution in [2.45, 2.75) is 69.6 Å². The first-order chi connectivity index (χ1) is 15.6. The number of aromatic nitrogens is 1. The van der Waals surface area contributed by atoms with Gasteiger partial charge in [0.2, 0.25) is 11.8 Å². The molecule has 4 rings (SSSR count). The Bertz CT molecular complexity index is 889. The van der Waals surface area contributed by atoms with Crippen LogP contribution in [0.3, 0.4) is 0 Å². The molecule has 1 N–H and O–H groups in total. The molecule has 1 aromatic rings. The van der Waals surface area contributed by atoms with Gasteiger partial charge in [-0.15, -0.1) is 11.8 Å². The van der Waals surface area contributed by atoms with E-state index in [-0.39, 0.29) is 23.1 Å². The third-order valence-electron chi connectivity index (χ3n) is 6.97. The fraction of sp³-hybridized carbons (Fsp3) is 0.600. The monoisotopic (exact) mass is 452 g/mol. The van der Waals surface area contributed by atoms with Crippen LogP contribution in [0.5, 0.6) is 0 Å². The molecular weight excluding hydrogens is 420 g/mol. The molecule has 3 aliphatic rings. The summed E-state index contributed by atoms with van der Waals surface area (Å²) >= 11 is 1.58. The Labute approximate surface area is 194 Å². The number of rotatable bonds is 7. The topological polar surface area (TPSA) is 86.1 Å². The highest BCUT2D eigenvalue weighted by molar-refractivity contribution is 8.04. The van der Waals surface area contributed by atoms with Crippen LogP contribution in [0.25, 0.3) is 0 Å². The van der Waals surface area contributed by atoms with Gasteiger partial charge in [-0.2, -0.15) is 5.26 Å². The predicted octanol–water partition coefficient (Wildman–Crippen LogP) is 4.19. The lowest BCUT2D eigenvalue weighted by Gasteiger charge is -2.28. The molecule has 6 nitrogen and oxygen atoms in total. The number of hydrogen-bond donors (Lipinski definition) is 1. The zero-order chi connectivity index (χ0) is 22.3. The molecule has 2 amide bonds. The van der Waals surface area contributed by atoms with Crippen LogP contribution < -0.4 is 5.32 Å². The molecule has 2 unspecified atom stereocenters. The van der Waals surface area contributed by atoms with Crippen LogP contribution in [-0.4, -0.2) is 40.2 Å². The summed E-state index contributed by atoms with van der Waals surface area (Å²) < 4.78 is 0. The van der Waals surface area contributed by atoms with Crippen molar-refractivity contribution in [2.75, 3.05) is 13.1 Å². The molecule has 3 heterocycles.